The van der Waals surface area contributed by atoms with Crippen LogP contribution in [0.2, 0.25) is 0 Å². The molecule has 1 spiro atoms. The van der Waals surface area contributed by atoms with Crippen molar-refractivity contribution in [2.24, 2.45) is 46.3 Å². The van der Waals surface area contributed by atoms with Crippen LogP contribution in [0.3, 0.4) is 0 Å². The summed E-state index contributed by atoms with van der Waals surface area (Å²) in [4.78, 5) is 13.4. The van der Waals surface area contributed by atoms with E-state index in [4.69, 9.17) is 14.2 Å². The van der Waals surface area contributed by atoms with Crippen molar-refractivity contribution in [2.45, 2.75) is 84.0 Å². The first kappa shape index (κ1) is 24.9. The molecule has 6 rings (SSSR count). The molecular formula is C31H44O5. The summed E-state index contributed by atoms with van der Waals surface area (Å²) in [6.07, 6.45) is 8.60. The topological polar surface area (TPSA) is 65.0 Å². The van der Waals surface area contributed by atoms with E-state index in [-0.39, 0.29) is 29.5 Å². The standard InChI is InChI=1S/C31H44O5/c1-20(19-32)23-9-10-24-27-25(11-12-30(23,24)3)29(2)13-14-31(34-15-16-35-31)18-22(29)17-26(27)36-28(33)21-7-5-4-6-8-21/h4-8,20,22-27,32H,9-19H2,1-3H3/t20-,22+,23?,24?,25?,26-,27?,29+,30-/m1/s1. The van der Waals surface area contributed by atoms with Crippen molar-refractivity contribution in [3.8, 4) is 0 Å². The Bertz CT molecular complexity index is 957. The van der Waals surface area contributed by atoms with E-state index in [0.29, 0.717) is 54.3 Å². The van der Waals surface area contributed by atoms with Gasteiger partial charge >= 0.3 is 5.97 Å². The van der Waals surface area contributed by atoms with Crippen molar-refractivity contribution >= 4 is 5.97 Å². The summed E-state index contributed by atoms with van der Waals surface area (Å²) < 4.78 is 18.9. The summed E-state index contributed by atoms with van der Waals surface area (Å²) in [7, 11) is 0. The van der Waals surface area contributed by atoms with Gasteiger partial charge in [-0.15, -0.1) is 0 Å². The fraction of sp³-hybridized carbons (Fsp3) is 0.774. The maximum atomic E-state index is 13.4. The number of ether oxygens (including phenoxy) is 3. The van der Waals surface area contributed by atoms with E-state index in [1.54, 1.807) is 0 Å². The molecule has 1 N–H and O–H groups in total. The molecule has 4 saturated carbocycles. The predicted molar refractivity (Wildman–Crippen MR) is 137 cm³/mol. The summed E-state index contributed by atoms with van der Waals surface area (Å²) in [5, 5.41) is 10.0. The van der Waals surface area contributed by atoms with Crippen LogP contribution in [0.25, 0.3) is 0 Å². The molecule has 0 aromatic heterocycles. The molecule has 1 heterocycles. The van der Waals surface area contributed by atoms with Crippen LogP contribution in [0, 0.1) is 46.3 Å². The van der Waals surface area contributed by atoms with E-state index in [2.05, 4.69) is 20.8 Å². The molecule has 4 aliphatic carbocycles. The number of rotatable bonds is 4. The third kappa shape index (κ3) is 3.79. The number of hydrogen-bond donors (Lipinski definition) is 1. The second-order valence-corrected chi connectivity index (χ2v) is 13.2. The number of benzene rings is 1. The molecule has 1 aromatic rings. The first-order valence-corrected chi connectivity index (χ1v) is 14.4. The Morgan fingerprint density at radius 2 is 1.75 bits per heavy atom. The highest BCUT2D eigenvalue weighted by Crippen LogP contribution is 2.69. The zero-order chi connectivity index (χ0) is 25.1. The molecule has 0 amide bonds. The van der Waals surface area contributed by atoms with E-state index >= 15 is 0 Å². The Balaban J connectivity index is 1.34. The lowest BCUT2D eigenvalue weighted by Crippen LogP contribution is -2.61. The lowest BCUT2D eigenvalue weighted by atomic mass is 9.43. The van der Waals surface area contributed by atoms with Gasteiger partial charge in [-0.05, 0) is 91.1 Å². The lowest BCUT2D eigenvalue weighted by Gasteiger charge is -2.63. The average Bonchev–Trinajstić information content (AvgIpc) is 3.49. The van der Waals surface area contributed by atoms with Gasteiger partial charge in [0.2, 0.25) is 0 Å². The molecule has 0 bridgehead atoms. The van der Waals surface area contributed by atoms with Gasteiger partial charge in [0, 0.05) is 25.4 Å². The second-order valence-electron chi connectivity index (χ2n) is 13.2. The maximum Gasteiger partial charge on any atom is 0.338 e. The Hall–Kier alpha value is -1.43. The molecule has 5 fully saturated rings. The van der Waals surface area contributed by atoms with E-state index in [9.17, 15) is 9.90 Å². The van der Waals surface area contributed by atoms with Gasteiger partial charge in [-0.3, -0.25) is 0 Å². The minimum absolute atomic E-state index is 0.0786. The van der Waals surface area contributed by atoms with Crippen LogP contribution >= 0.6 is 0 Å². The molecule has 5 heteroatoms. The van der Waals surface area contributed by atoms with E-state index in [1.807, 2.05) is 30.3 Å². The molecular weight excluding hydrogens is 452 g/mol. The minimum Gasteiger partial charge on any atom is -0.458 e. The van der Waals surface area contributed by atoms with Crippen LogP contribution in [0.4, 0.5) is 0 Å². The highest BCUT2D eigenvalue weighted by molar-refractivity contribution is 5.89. The van der Waals surface area contributed by atoms with Crippen molar-refractivity contribution in [2.75, 3.05) is 19.8 Å². The molecule has 198 valence electrons. The van der Waals surface area contributed by atoms with E-state index in [1.165, 1.54) is 25.7 Å². The second kappa shape index (κ2) is 9.10. The molecule has 36 heavy (non-hydrogen) atoms. The quantitative estimate of drug-likeness (QED) is 0.530. The van der Waals surface area contributed by atoms with Gasteiger partial charge in [0.15, 0.2) is 5.79 Å². The highest BCUT2D eigenvalue weighted by atomic mass is 16.7. The fourth-order valence-electron chi connectivity index (χ4n) is 9.90. The van der Waals surface area contributed by atoms with Crippen molar-refractivity contribution in [1.29, 1.82) is 0 Å². The monoisotopic (exact) mass is 496 g/mol. The molecule has 1 saturated heterocycles. The number of fused-ring (bicyclic) bond motifs is 5. The van der Waals surface area contributed by atoms with Crippen molar-refractivity contribution in [1.82, 2.24) is 0 Å². The van der Waals surface area contributed by atoms with Crippen molar-refractivity contribution in [3.05, 3.63) is 35.9 Å². The SMILES string of the molecule is C[C@H](CO)C1CCC2C3C(CC[C@@]21C)[C@@]1(C)CCC2(C[C@@H]1C[C@H]3OC(=O)c1ccccc1)OCCO2. The van der Waals surface area contributed by atoms with Gasteiger partial charge in [-0.25, -0.2) is 4.79 Å². The van der Waals surface area contributed by atoms with Gasteiger partial charge in [-0.1, -0.05) is 39.0 Å². The Kier molecular flexibility index (Phi) is 6.29. The number of esters is 1. The Labute approximate surface area is 216 Å². The molecule has 9 atom stereocenters. The van der Waals surface area contributed by atoms with Crippen LogP contribution in [-0.4, -0.2) is 42.8 Å². The Morgan fingerprint density at radius 1 is 1.03 bits per heavy atom. The molecule has 4 unspecified atom stereocenters. The average molecular weight is 497 g/mol. The van der Waals surface area contributed by atoms with Gasteiger partial charge in [0.05, 0.1) is 18.8 Å². The summed E-state index contributed by atoms with van der Waals surface area (Å²) in [5.41, 5.74) is 1.07. The van der Waals surface area contributed by atoms with Crippen molar-refractivity contribution in [3.63, 3.8) is 0 Å². The van der Waals surface area contributed by atoms with Gasteiger partial charge < -0.3 is 19.3 Å². The summed E-state index contributed by atoms with van der Waals surface area (Å²) in [6.45, 7) is 8.86. The number of carbonyl (C=O) groups excluding carboxylic acids is 1. The fourth-order valence-corrected chi connectivity index (χ4v) is 9.90. The van der Waals surface area contributed by atoms with Crippen LogP contribution < -0.4 is 0 Å². The first-order valence-electron chi connectivity index (χ1n) is 14.4. The number of hydrogen-bond acceptors (Lipinski definition) is 5. The molecule has 5 aliphatic rings. The molecule has 1 aromatic carbocycles. The van der Waals surface area contributed by atoms with Gasteiger partial charge in [0.25, 0.3) is 0 Å². The molecule has 1 aliphatic heterocycles. The minimum atomic E-state index is -0.427. The smallest absolute Gasteiger partial charge is 0.338 e. The third-order valence-electron chi connectivity index (χ3n) is 11.8. The zero-order valence-electron chi connectivity index (χ0n) is 22.3. The Morgan fingerprint density at radius 3 is 2.47 bits per heavy atom. The normalized spacial score (nSPS) is 43.9. The highest BCUT2D eigenvalue weighted by Gasteiger charge is 2.65. The predicted octanol–water partition coefficient (Wildman–Crippen LogP) is 5.85. The summed E-state index contributed by atoms with van der Waals surface area (Å²) in [6, 6.07) is 9.48. The van der Waals surface area contributed by atoms with Crippen LogP contribution in [-0.2, 0) is 14.2 Å². The number of carbonyl (C=O) groups is 1. The maximum absolute atomic E-state index is 13.4. The van der Waals surface area contributed by atoms with E-state index < -0.39 is 5.79 Å². The lowest BCUT2D eigenvalue weighted by molar-refractivity contribution is -0.242. The van der Waals surface area contributed by atoms with Gasteiger partial charge in [-0.2, -0.15) is 0 Å². The third-order valence-corrected chi connectivity index (χ3v) is 11.8. The molecule has 5 nitrogen and oxygen atoms in total. The summed E-state index contributed by atoms with van der Waals surface area (Å²) >= 11 is 0. The zero-order valence-corrected chi connectivity index (χ0v) is 22.3. The van der Waals surface area contributed by atoms with Crippen LogP contribution in [0.5, 0.6) is 0 Å². The largest absolute Gasteiger partial charge is 0.458 e. The van der Waals surface area contributed by atoms with Gasteiger partial charge in [0.1, 0.15) is 6.10 Å². The van der Waals surface area contributed by atoms with Crippen LogP contribution in [0.1, 0.15) is 82.5 Å². The first-order chi connectivity index (χ1) is 17.3. The number of aliphatic hydroxyl groups is 1. The molecule has 0 radical (unpaired) electrons. The van der Waals surface area contributed by atoms with Crippen LogP contribution in [0.15, 0.2) is 30.3 Å². The summed E-state index contributed by atoms with van der Waals surface area (Å²) in [5.74, 6) is 2.14. The van der Waals surface area contributed by atoms with E-state index in [0.717, 1.165) is 25.7 Å². The van der Waals surface area contributed by atoms with Crippen molar-refractivity contribution < 1.29 is 24.1 Å². The number of aliphatic hydroxyl groups excluding tert-OH is 1.